The first-order valence-electron chi connectivity index (χ1n) is 9.02. The normalized spacial score (nSPS) is 19.6. The summed E-state index contributed by atoms with van der Waals surface area (Å²) in [5.74, 6) is 0.985. The van der Waals surface area contributed by atoms with E-state index in [2.05, 4.69) is 22.2 Å². The molecule has 2 aromatic rings. The molecule has 0 radical (unpaired) electrons. The Labute approximate surface area is 163 Å². The lowest BCUT2D eigenvalue weighted by atomic mass is 10.2. The lowest BCUT2D eigenvalue weighted by Gasteiger charge is -2.35. The highest BCUT2D eigenvalue weighted by Gasteiger charge is 2.28. The number of carbonyl (C=O) groups excluding carboxylic acids is 1. The molecule has 27 heavy (non-hydrogen) atoms. The van der Waals surface area contributed by atoms with Gasteiger partial charge in [0.15, 0.2) is 11.5 Å². The highest BCUT2D eigenvalue weighted by atomic mass is 35.5. The highest BCUT2D eigenvalue weighted by molar-refractivity contribution is 6.31. The number of ether oxygens (including phenoxy) is 2. The number of anilines is 2. The third-order valence-corrected chi connectivity index (χ3v) is 5.10. The summed E-state index contributed by atoms with van der Waals surface area (Å²) < 4.78 is 11.5. The second-order valence-corrected chi connectivity index (χ2v) is 7.24. The molecular weight excluding hydrogens is 366 g/mol. The Bertz CT molecular complexity index is 837. The minimum Gasteiger partial charge on any atom is -0.485 e. The number of likely N-dealkylation sites (N-methyl/N-ethyl adjacent to an activating group) is 1. The van der Waals surface area contributed by atoms with Gasteiger partial charge in [-0.15, -0.1) is 0 Å². The van der Waals surface area contributed by atoms with E-state index < -0.39 is 6.10 Å². The fraction of sp³-hybridized carbons (Fsp3) is 0.350. The number of nitrogens with zero attached hydrogens (tertiary/aromatic N) is 2. The number of halogens is 1. The van der Waals surface area contributed by atoms with Gasteiger partial charge < -0.3 is 24.6 Å². The number of hydrogen-bond acceptors (Lipinski definition) is 5. The van der Waals surface area contributed by atoms with Gasteiger partial charge in [0.1, 0.15) is 6.61 Å². The molecule has 6 nitrogen and oxygen atoms in total. The third kappa shape index (κ3) is 3.96. The van der Waals surface area contributed by atoms with Crippen LogP contribution in [0.15, 0.2) is 42.5 Å². The van der Waals surface area contributed by atoms with E-state index in [1.807, 2.05) is 30.3 Å². The maximum Gasteiger partial charge on any atom is 0.269 e. The zero-order chi connectivity index (χ0) is 18.8. The lowest BCUT2D eigenvalue weighted by molar-refractivity contribution is -0.125. The van der Waals surface area contributed by atoms with Crippen LogP contribution in [-0.2, 0) is 4.79 Å². The highest BCUT2D eigenvalue weighted by Crippen LogP contribution is 2.33. The summed E-state index contributed by atoms with van der Waals surface area (Å²) in [7, 11) is 2.11. The van der Waals surface area contributed by atoms with Gasteiger partial charge in [-0.2, -0.15) is 0 Å². The molecule has 0 bridgehead atoms. The average molecular weight is 388 g/mol. The van der Waals surface area contributed by atoms with Gasteiger partial charge in [0.2, 0.25) is 6.10 Å². The molecule has 142 valence electrons. The summed E-state index contributed by atoms with van der Waals surface area (Å²) in [5, 5.41) is 3.55. The molecule has 0 unspecified atom stereocenters. The van der Waals surface area contributed by atoms with Crippen molar-refractivity contribution >= 4 is 28.9 Å². The molecule has 1 amide bonds. The van der Waals surface area contributed by atoms with E-state index in [4.69, 9.17) is 21.1 Å². The minimum atomic E-state index is -0.709. The molecule has 4 rings (SSSR count). The Morgan fingerprint density at radius 2 is 1.85 bits per heavy atom. The van der Waals surface area contributed by atoms with Gasteiger partial charge in [-0.1, -0.05) is 23.7 Å². The standard InChI is InChI=1S/C20H22ClN3O3/c1-23-8-10-24(11-9-23)16-7-6-14(21)12-15(16)22-20(25)19-13-26-17-4-2-3-5-18(17)27-19/h2-7,12,19H,8-11,13H2,1H3,(H,22,25)/t19-/m1/s1. The van der Waals surface area contributed by atoms with Crippen LogP contribution in [0, 0.1) is 0 Å². The van der Waals surface area contributed by atoms with Crippen molar-refractivity contribution in [2.24, 2.45) is 0 Å². The van der Waals surface area contributed by atoms with Crippen molar-refractivity contribution in [3.8, 4) is 11.5 Å². The van der Waals surface area contributed by atoms with Crippen molar-refractivity contribution in [2.45, 2.75) is 6.10 Å². The maximum absolute atomic E-state index is 12.8. The summed E-state index contributed by atoms with van der Waals surface area (Å²) in [5.41, 5.74) is 1.66. The van der Waals surface area contributed by atoms with Gasteiger partial charge in [0.25, 0.3) is 5.91 Å². The Hall–Kier alpha value is -2.44. The molecule has 0 saturated carbocycles. The number of piperazine rings is 1. The van der Waals surface area contributed by atoms with Crippen LogP contribution in [0.3, 0.4) is 0 Å². The van der Waals surface area contributed by atoms with Gasteiger partial charge in [0, 0.05) is 31.2 Å². The molecule has 2 heterocycles. The molecule has 1 fully saturated rings. The van der Waals surface area contributed by atoms with Gasteiger partial charge >= 0.3 is 0 Å². The molecule has 0 aromatic heterocycles. The van der Waals surface area contributed by atoms with E-state index in [0.29, 0.717) is 22.2 Å². The largest absolute Gasteiger partial charge is 0.485 e. The maximum atomic E-state index is 12.8. The quantitative estimate of drug-likeness (QED) is 0.877. The van der Waals surface area contributed by atoms with E-state index in [-0.39, 0.29) is 12.5 Å². The Morgan fingerprint density at radius 1 is 1.11 bits per heavy atom. The van der Waals surface area contributed by atoms with Crippen molar-refractivity contribution in [1.82, 2.24) is 4.90 Å². The van der Waals surface area contributed by atoms with Crippen molar-refractivity contribution in [1.29, 1.82) is 0 Å². The van der Waals surface area contributed by atoms with Crippen molar-refractivity contribution in [3.05, 3.63) is 47.5 Å². The predicted octanol–water partition coefficient (Wildman–Crippen LogP) is 2.87. The van der Waals surface area contributed by atoms with Gasteiger partial charge in [-0.25, -0.2) is 0 Å². The van der Waals surface area contributed by atoms with E-state index in [9.17, 15) is 4.79 Å². The molecule has 7 heteroatoms. The van der Waals surface area contributed by atoms with Crippen LogP contribution < -0.4 is 19.7 Å². The number of hydrogen-bond donors (Lipinski definition) is 1. The number of carbonyl (C=O) groups is 1. The average Bonchev–Trinajstić information content (AvgIpc) is 2.68. The zero-order valence-corrected chi connectivity index (χ0v) is 15.9. The lowest BCUT2D eigenvalue weighted by Crippen LogP contribution is -2.45. The SMILES string of the molecule is CN1CCN(c2ccc(Cl)cc2NC(=O)[C@H]2COc3ccccc3O2)CC1. The molecule has 2 aliphatic rings. The first-order chi connectivity index (χ1) is 13.1. The van der Waals surface area contributed by atoms with E-state index in [1.54, 1.807) is 12.1 Å². The van der Waals surface area contributed by atoms with Gasteiger partial charge in [-0.05, 0) is 37.4 Å². The van der Waals surface area contributed by atoms with Crippen molar-refractivity contribution < 1.29 is 14.3 Å². The molecule has 0 spiro atoms. The summed E-state index contributed by atoms with van der Waals surface area (Å²) in [6.45, 7) is 3.93. The van der Waals surface area contributed by atoms with Crippen LogP contribution in [0.1, 0.15) is 0 Å². The second-order valence-electron chi connectivity index (χ2n) is 6.81. The summed E-state index contributed by atoms with van der Waals surface area (Å²) >= 11 is 6.18. The van der Waals surface area contributed by atoms with Crippen LogP contribution in [0.2, 0.25) is 5.02 Å². The van der Waals surface area contributed by atoms with Crippen LogP contribution in [-0.4, -0.2) is 56.7 Å². The van der Waals surface area contributed by atoms with Crippen molar-refractivity contribution in [3.63, 3.8) is 0 Å². The summed E-state index contributed by atoms with van der Waals surface area (Å²) in [6.07, 6.45) is -0.709. The minimum absolute atomic E-state index is 0.174. The number of rotatable bonds is 3. The van der Waals surface area contributed by atoms with E-state index in [0.717, 1.165) is 31.9 Å². The van der Waals surface area contributed by atoms with Crippen LogP contribution in [0.25, 0.3) is 0 Å². The second kappa shape index (κ2) is 7.66. The van der Waals surface area contributed by atoms with Crippen LogP contribution in [0.5, 0.6) is 11.5 Å². The van der Waals surface area contributed by atoms with E-state index in [1.165, 1.54) is 0 Å². The molecule has 1 saturated heterocycles. The predicted molar refractivity (Wildman–Crippen MR) is 106 cm³/mol. The fourth-order valence-corrected chi connectivity index (χ4v) is 3.47. The Morgan fingerprint density at radius 3 is 2.63 bits per heavy atom. The first kappa shape index (κ1) is 17.9. The summed E-state index contributed by atoms with van der Waals surface area (Å²) in [4.78, 5) is 17.3. The topological polar surface area (TPSA) is 54.0 Å². The zero-order valence-electron chi connectivity index (χ0n) is 15.2. The Balaban J connectivity index is 1.50. The third-order valence-electron chi connectivity index (χ3n) is 4.86. The number of benzene rings is 2. The first-order valence-corrected chi connectivity index (χ1v) is 9.40. The van der Waals surface area contributed by atoms with Gasteiger partial charge in [-0.3, -0.25) is 4.79 Å². The molecule has 2 aliphatic heterocycles. The van der Waals surface area contributed by atoms with Crippen LogP contribution in [0.4, 0.5) is 11.4 Å². The molecule has 1 N–H and O–H groups in total. The number of para-hydroxylation sites is 2. The number of fused-ring (bicyclic) bond motifs is 1. The molecular formula is C20H22ClN3O3. The van der Waals surface area contributed by atoms with Crippen molar-refractivity contribution in [2.75, 3.05) is 50.1 Å². The summed E-state index contributed by atoms with van der Waals surface area (Å²) in [6, 6.07) is 12.9. The molecule has 0 aliphatic carbocycles. The molecule has 1 atom stereocenters. The van der Waals surface area contributed by atoms with Crippen LogP contribution >= 0.6 is 11.6 Å². The number of nitrogens with one attached hydrogen (secondary N) is 1. The van der Waals surface area contributed by atoms with E-state index >= 15 is 0 Å². The van der Waals surface area contributed by atoms with Gasteiger partial charge in [0.05, 0.1) is 11.4 Å². The number of amides is 1. The Kier molecular flexibility index (Phi) is 5.09. The smallest absolute Gasteiger partial charge is 0.269 e. The fourth-order valence-electron chi connectivity index (χ4n) is 3.29. The monoisotopic (exact) mass is 387 g/mol. The molecule has 2 aromatic carbocycles.